The average molecular weight is 517 g/mol. The number of benzene rings is 1. The van der Waals surface area contributed by atoms with Crippen molar-refractivity contribution in [3.05, 3.63) is 33.9 Å². The van der Waals surface area contributed by atoms with Gasteiger partial charge in [0.05, 0.1) is 46.2 Å². The third-order valence-corrected chi connectivity index (χ3v) is 6.95. The molecule has 1 atom stereocenters. The molecule has 4 rings (SSSR count). The fourth-order valence-corrected chi connectivity index (χ4v) is 4.92. The monoisotopic (exact) mass is 516 g/mol. The molecule has 0 spiro atoms. The van der Waals surface area contributed by atoms with Crippen LogP contribution in [0.25, 0.3) is 11.2 Å². The number of carbonyl (C=O) groups is 1. The number of fused-ring (bicyclic) bond motifs is 1. The first kappa shape index (κ1) is 25.0. The predicted molar refractivity (Wildman–Crippen MR) is 135 cm³/mol. The van der Waals surface area contributed by atoms with Crippen LogP contribution < -0.4 is 16.4 Å². The normalized spacial score (nSPS) is 18.7. The van der Waals surface area contributed by atoms with Gasteiger partial charge in [-0.05, 0) is 44.2 Å². The van der Waals surface area contributed by atoms with Crippen molar-refractivity contribution >= 4 is 57.9 Å². The van der Waals surface area contributed by atoms with Crippen LogP contribution in [0.3, 0.4) is 0 Å². The third-order valence-electron chi connectivity index (χ3n) is 6.35. The Balaban J connectivity index is 1.77. The van der Waals surface area contributed by atoms with Gasteiger partial charge in [0.1, 0.15) is 5.52 Å². The number of nitrogens with zero attached hydrogens (tertiary/aromatic N) is 5. The van der Waals surface area contributed by atoms with Gasteiger partial charge in [-0.1, -0.05) is 30.1 Å². The standard InChI is InChI=1S/C23H26Cl2N8O2/c1-2-14(11-34)29-22-28-10-18-21(32-22)33(15-5-3-13(4-6-15)20(27)35)23(30-18)31-19-16(24)7-12(9-26)8-17(19)25/h7-8,10,13-15,34H,2-6,11H2,1H3,(H2,27,35)(H,30,31)(H,28,29,32)/t13?,14-,15?/m0/s1. The van der Waals surface area contributed by atoms with Crippen molar-refractivity contribution in [2.45, 2.75) is 51.1 Å². The second-order valence-corrected chi connectivity index (χ2v) is 9.41. The summed E-state index contributed by atoms with van der Waals surface area (Å²) in [5.41, 5.74) is 7.46. The van der Waals surface area contributed by atoms with Crippen molar-refractivity contribution < 1.29 is 9.90 Å². The highest BCUT2D eigenvalue weighted by atomic mass is 35.5. The molecule has 0 aliphatic heterocycles. The number of nitrogens with two attached hydrogens (primary N) is 1. The van der Waals surface area contributed by atoms with Crippen LogP contribution in [-0.2, 0) is 4.79 Å². The highest BCUT2D eigenvalue weighted by Gasteiger charge is 2.29. The quantitative estimate of drug-likeness (QED) is 0.347. The van der Waals surface area contributed by atoms with Crippen LogP contribution in [0, 0.1) is 17.2 Å². The summed E-state index contributed by atoms with van der Waals surface area (Å²) in [7, 11) is 0. The Morgan fingerprint density at radius 3 is 2.54 bits per heavy atom. The molecule has 1 aliphatic rings. The summed E-state index contributed by atoms with van der Waals surface area (Å²) in [6.45, 7) is 1.91. The molecule has 0 unspecified atom stereocenters. The molecule has 5 N–H and O–H groups in total. The van der Waals surface area contributed by atoms with E-state index >= 15 is 0 Å². The fourth-order valence-electron chi connectivity index (χ4n) is 4.34. The fraction of sp³-hybridized carbons (Fsp3) is 0.435. The number of hydrogen-bond donors (Lipinski definition) is 4. The Morgan fingerprint density at radius 2 is 1.97 bits per heavy atom. The second kappa shape index (κ2) is 10.6. The molecule has 0 bridgehead atoms. The van der Waals surface area contributed by atoms with E-state index in [0.29, 0.717) is 66.4 Å². The zero-order valence-corrected chi connectivity index (χ0v) is 20.6. The number of imidazole rings is 1. The van der Waals surface area contributed by atoms with E-state index in [0.717, 1.165) is 0 Å². The number of amides is 1. The summed E-state index contributed by atoms with van der Waals surface area (Å²) < 4.78 is 1.98. The van der Waals surface area contributed by atoms with Gasteiger partial charge in [0.15, 0.2) is 5.65 Å². The zero-order chi connectivity index (χ0) is 25.1. The molecule has 2 heterocycles. The van der Waals surface area contributed by atoms with Crippen molar-refractivity contribution in [2.75, 3.05) is 17.2 Å². The minimum absolute atomic E-state index is 0.00315. The van der Waals surface area contributed by atoms with Crippen LogP contribution in [0.15, 0.2) is 18.3 Å². The number of rotatable bonds is 8. The van der Waals surface area contributed by atoms with E-state index in [1.165, 1.54) is 12.1 Å². The molecule has 1 saturated carbocycles. The van der Waals surface area contributed by atoms with Crippen molar-refractivity contribution in [3.63, 3.8) is 0 Å². The molecule has 1 amide bonds. The molecule has 3 aromatic rings. The smallest absolute Gasteiger partial charge is 0.225 e. The topological polar surface area (TPSA) is 155 Å². The highest BCUT2D eigenvalue weighted by molar-refractivity contribution is 6.39. The first-order valence-electron chi connectivity index (χ1n) is 11.4. The summed E-state index contributed by atoms with van der Waals surface area (Å²) in [6.07, 6.45) is 5.07. The van der Waals surface area contributed by atoms with Crippen molar-refractivity contribution in [2.24, 2.45) is 11.7 Å². The number of aliphatic hydroxyl groups excluding tert-OH is 1. The summed E-state index contributed by atoms with van der Waals surface area (Å²) in [5.74, 6) is 0.418. The maximum absolute atomic E-state index is 11.7. The molecule has 1 fully saturated rings. The number of aromatic nitrogens is 4. The van der Waals surface area contributed by atoms with E-state index in [1.54, 1.807) is 6.20 Å². The van der Waals surface area contributed by atoms with Crippen molar-refractivity contribution in [1.82, 2.24) is 19.5 Å². The maximum atomic E-state index is 11.7. The van der Waals surface area contributed by atoms with E-state index in [1.807, 2.05) is 17.6 Å². The molecular weight excluding hydrogens is 491 g/mol. The molecule has 10 nitrogen and oxygen atoms in total. The number of carbonyl (C=O) groups excluding carboxylic acids is 1. The minimum Gasteiger partial charge on any atom is -0.394 e. The molecular formula is C23H26Cl2N8O2. The van der Waals surface area contributed by atoms with Crippen LogP contribution in [-0.4, -0.2) is 43.2 Å². The molecule has 12 heteroatoms. The van der Waals surface area contributed by atoms with Gasteiger partial charge in [0, 0.05) is 12.0 Å². The largest absolute Gasteiger partial charge is 0.394 e. The van der Waals surface area contributed by atoms with Crippen molar-refractivity contribution in [1.29, 1.82) is 5.26 Å². The summed E-state index contributed by atoms with van der Waals surface area (Å²) in [6, 6.07) is 4.91. The van der Waals surface area contributed by atoms with Gasteiger partial charge in [-0.3, -0.25) is 9.36 Å². The van der Waals surface area contributed by atoms with Gasteiger partial charge in [0.25, 0.3) is 0 Å². The number of hydrogen-bond acceptors (Lipinski definition) is 8. The Morgan fingerprint density at radius 1 is 1.29 bits per heavy atom. The third kappa shape index (κ3) is 5.27. The van der Waals surface area contributed by atoms with Gasteiger partial charge >= 0.3 is 0 Å². The lowest BCUT2D eigenvalue weighted by atomic mass is 9.85. The van der Waals surface area contributed by atoms with E-state index in [2.05, 4.69) is 15.6 Å². The first-order chi connectivity index (χ1) is 16.8. The van der Waals surface area contributed by atoms with Gasteiger partial charge in [-0.2, -0.15) is 10.2 Å². The van der Waals surface area contributed by atoms with E-state index in [4.69, 9.17) is 38.9 Å². The molecule has 1 aromatic carbocycles. The van der Waals surface area contributed by atoms with Gasteiger partial charge in [-0.25, -0.2) is 9.97 Å². The lowest BCUT2D eigenvalue weighted by Gasteiger charge is -2.29. The van der Waals surface area contributed by atoms with Crippen LogP contribution in [0.5, 0.6) is 0 Å². The number of halogens is 2. The SMILES string of the molecule is CC[C@@H](CO)Nc1ncc2nc(Nc3c(Cl)cc(C#N)cc3Cl)n(C3CCC(C(N)=O)CC3)c2n1. The molecule has 1 aliphatic carbocycles. The molecule has 0 radical (unpaired) electrons. The Kier molecular flexibility index (Phi) is 7.60. The summed E-state index contributed by atoms with van der Waals surface area (Å²) in [5, 5.41) is 25.7. The summed E-state index contributed by atoms with van der Waals surface area (Å²) in [4.78, 5) is 25.4. The number of primary amides is 1. The number of nitriles is 1. The molecule has 0 saturated heterocycles. The minimum atomic E-state index is -0.281. The first-order valence-corrected chi connectivity index (χ1v) is 12.2. The second-order valence-electron chi connectivity index (χ2n) is 8.60. The Bertz CT molecular complexity index is 1250. The molecule has 35 heavy (non-hydrogen) atoms. The van der Waals surface area contributed by atoms with Crippen LogP contribution >= 0.6 is 23.2 Å². The predicted octanol–water partition coefficient (Wildman–Crippen LogP) is 4.15. The van der Waals surface area contributed by atoms with E-state index in [-0.39, 0.29) is 40.6 Å². The van der Waals surface area contributed by atoms with E-state index in [9.17, 15) is 15.2 Å². The van der Waals surface area contributed by atoms with Crippen LogP contribution in [0.2, 0.25) is 10.0 Å². The van der Waals surface area contributed by atoms with Gasteiger partial charge < -0.3 is 21.5 Å². The lowest BCUT2D eigenvalue weighted by molar-refractivity contribution is -0.122. The number of aliphatic hydroxyl groups is 1. The van der Waals surface area contributed by atoms with E-state index < -0.39 is 0 Å². The Labute approximate surface area is 212 Å². The van der Waals surface area contributed by atoms with Crippen molar-refractivity contribution in [3.8, 4) is 6.07 Å². The lowest BCUT2D eigenvalue weighted by Crippen LogP contribution is -2.29. The molecule has 2 aromatic heterocycles. The van der Waals surface area contributed by atoms with Crippen LogP contribution in [0.1, 0.15) is 50.6 Å². The highest BCUT2D eigenvalue weighted by Crippen LogP contribution is 2.39. The van der Waals surface area contributed by atoms with Gasteiger partial charge in [0.2, 0.25) is 17.8 Å². The number of anilines is 3. The molecule has 184 valence electrons. The average Bonchev–Trinajstić information content (AvgIpc) is 3.21. The Hall–Kier alpha value is -3.13. The van der Waals surface area contributed by atoms with Crippen LogP contribution in [0.4, 0.5) is 17.6 Å². The summed E-state index contributed by atoms with van der Waals surface area (Å²) >= 11 is 12.8. The van der Waals surface area contributed by atoms with Gasteiger partial charge in [-0.15, -0.1) is 0 Å². The number of nitrogens with one attached hydrogen (secondary N) is 2. The zero-order valence-electron chi connectivity index (χ0n) is 19.1. The maximum Gasteiger partial charge on any atom is 0.225 e.